The van der Waals surface area contributed by atoms with Gasteiger partial charge in [0.05, 0.1) is 6.04 Å². The SMILES string of the molecule is CN[C@@H](C)C(=O)N[C@@H](Cc1ccc(CS(=O)(=O)O)cc1)C(=O)N1CCC[C@H]1C(=O)N[C@@H](Cc1ccccc1)C(N)=O. The summed E-state index contributed by atoms with van der Waals surface area (Å²) in [4.78, 5) is 53.4. The van der Waals surface area contributed by atoms with E-state index in [2.05, 4.69) is 16.0 Å². The molecule has 2 aromatic rings. The Hall–Kier alpha value is -3.81. The van der Waals surface area contributed by atoms with Crippen molar-refractivity contribution in [1.29, 1.82) is 0 Å². The van der Waals surface area contributed by atoms with Crippen LogP contribution in [0.5, 0.6) is 0 Å². The zero-order valence-corrected chi connectivity index (χ0v) is 23.9. The van der Waals surface area contributed by atoms with Crippen LogP contribution in [-0.4, -0.2) is 79.3 Å². The average molecular weight is 588 g/mol. The van der Waals surface area contributed by atoms with Crippen molar-refractivity contribution in [3.8, 4) is 0 Å². The molecule has 1 saturated heterocycles. The largest absolute Gasteiger partial charge is 0.368 e. The third-order valence-electron chi connectivity index (χ3n) is 7.03. The lowest BCUT2D eigenvalue weighted by atomic mass is 10.0. The van der Waals surface area contributed by atoms with Crippen LogP contribution >= 0.6 is 0 Å². The molecule has 222 valence electrons. The zero-order chi connectivity index (χ0) is 30.2. The molecular weight excluding hydrogens is 550 g/mol. The monoisotopic (exact) mass is 587 g/mol. The van der Waals surface area contributed by atoms with E-state index >= 15 is 0 Å². The van der Waals surface area contributed by atoms with Crippen molar-refractivity contribution in [1.82, 2.24) is 20.9 Å². The van der Waals surface area contributed by atoms with E-state index in [1.54, 1.807) is 26.1 Å². The fraction of sp³-hybridized carbons (Fsp3) is 0.429. The Morgan fingerprint density at radius 3 is 2.12 bits per heavy atom. The molecule has 0 spiro atoms. The second-order valence-electron chi connectivity index (χ2n) is 10.2. The first-order chi connectivity index (χ1) is 19.4. The van der Waals surface area contributed by atoms with Crippen LogP contribution in [0.2, 0.25) is 0 Å². The van der Waals surface area contributed by atoms with Crippen molar-refractivity contribution in [3.63, 3.8) is 0 Å². The number of likely N-dealkylation sites (tertiary alicyclic amines) is 1. The van der Waals surface area contributed by atoms with E-state index in [-0.39, 0.29) is 19.4 Å². The Kier molecular flexibility index (Phi) is 11.0. The summed E-state index contributed by atoms with van der Waals surface area (Å²) in [5.74, 6) is -2.61. The minimum absolute atomic E-state index is 0.0793. The first kappa shape index (κ1) is 31.7. The van der Waals surface area contributed by atoms with Gasteiger partial charge in [-0.3, -0.25) is 23.7 Å². The molecule has 2 aromatic carbocycles. The van der Waals surface area contributed by atoms with Crippen molar-refractivity contribution in [2.45, 2.75) is 62.5 Å². The summed E-state index contributed by atoms with van der Waals surface area (Å²) in [5.41, 5.74) is 7.38. The maximum atomic E-state index is 13.8. The number of rotatable bonds is 13. The topological polar surface area (TPSA) is 188 Å². The normalized spacial score (nSPS) is 17.3. The van der Waals surface area contributed by atoms with Gasteiger partial charge >= 0.3 is 0 Å². The van der Waals surface area contributed by atoms with Crippen LogP contribution in [0.3, 0.4) is 0 Å². The summed E-state index contributed by atoms with van der Waals surface area (Å²) < 4.78 is 31.5. The van der Waals surface area contributed by atoms with Gasteiger partial charge in [0.25, 0.3) is 10.1 Å². The minimum atomic E-state index is -4.20. The van der Waals surface area contributed by atoms with E-state index in [0.717, 1.165) is 5.56 Å². The minimum Gasteiger partial charge on any atom is -0.368 e. The Morgan fingerprint density at radius 1 is 0.951 bits per heavy atom. The van der Waals surface area contributed by atoms with Crippen molar-refractivity contribution >= 4 is 33.7 Å². The van der Waals surface area contributed by atoms with E-state index in [1.165, 1.54) is 17.0 Å². The molecule has 0 aliphatic carbocycles. The number of hydrogen-bond acceptors (Lipinski definition) is 7. The number of carbonyl (C=O) groups is 4. The summed E-state index contributed by atoms with van der Waals surface area (Å²) in [6.45, 7) is 1.93. The summed E-state index contributed by atoms with van der Waals surface area (Å²) in [7, 11) is -2.59. The van der Waals surface area contributed by atoms with E-state index in [1.807, 2.05) is 30.3 Å². The van der Waals surface area contributed by atoms with Crippen LogP contribution in [-0.2, 0) is 47.9 Å². The smallest absolute Gasteiger partial charge is 0.269 e. The number of likely N-dealkylation sites (N-methyl/N-ethyl adjacent to an activating group) is 1. The van der Waals surface area contributed by atoms with E-state index in [0.29, 0.717) is 24.0 Å². The third kappa shape index (κ3) is 9.37. The molecule has 0 saturated carbocycles. The van der Waals surface area contributed by atoms with Gasteiger partial charge in [-0.15, -0.1) is 0 Å². The maximum absolute atomic E-state index is 13.8. The quantitative estimate of drug-likeness (QED) is 0.201. The number of benzene rings is 2. The first-order valence-electron chi connectivity index (χ1n) is 13.3. The lowest BCUT2D eigenvalue weighted by Gasteiger charge is -2.30. The molecular formula is C28H37N5O7S. The molecule has 0 radical (unpaired) electrons. The molecule has 4 amide bonds. The number of amides is 4. The number of nitrogens with one attached hydrogen (secondary N) is 3. The van der Waals surface area contributed by atoms with Crippen molar-refractivity contribution < 1.29 is 32.1 Å². The van der Waals surface area contributed by atoms with Crippen LogP contribution in [0, 0.1) is 0 Å². The molecule has 3 rings (SSSR count). The molecule has 13 heteroatoms. The number of primary amides is 1. The molecule has 0 aromatic heterocycles. The van der Waals surface area contributed by atoms with Gasteiger partial charge in [0.15, 0.2) is 0 Å². The van der Waals surface area contributed by atoms with Gasteiger partial charge in [0, 0.05) is 19.4 Å². The summed E-state index contributed by atoms with van der Waals surface area (Å²) in [5, 5.41) is 8.29. The van der Waals surface area contributed by atoms with Gasteiger partial charge in [-0.05, 0) is 43.5 Å². The molecule has 6 N–H and O–H groups in total. The van der Waals surface area contributed by atoms with Gasteiger partial charge in [0.2, 0.25) is 23.6 Å². The summed E-state index contributed by atoms with van der Waals surface area (Å²) in [6, 6.07) is 12.0. The van der Waals surface area contributed by atoms with E-state index in [4.69, 9.17) is 10.3 Å². The first-order valence-corrected chi connectivity index (χ1v) is 14.9. The van der Waals surface area contributed by atoms with Crippen LogP contribution in [0.1, 0.15) is 36.5 Å². The number of hydrogen-bond donors (Lipinski definition) is 5. The van der Waals surface area contributed by atoms with Crippen molar-refractivity contribution in [2.24, 2.45) is 5.73 Å². The van der Waals surface area contributed by atoms with Crippen LogP contribution in [0.25, 0.3) is 0 Å². The second-order valence-corrected chi connectivity index (χ2v) is 11.6. The molecule has 1 fully saturated rings. The zero-order valence-electron chi connectivity index (χ0n) is 23.1. The third-order valence-corrected chi connectivity index (χ3v) is 7.73. The molecule has 41 heavy (non-hydrogen) atoms. The summed E-state index contributed by atoms with van der Waals surface area (Å²) >= 11 is 0. The predicted octanol–water partition coefficient (Wildman–Crippen LogP) is -0.0866. The Bertz CT molecular complexity index is 1340. The highest BCUT2D eigenvalue weighted by molar-refractivity contribution is 7.85. The Balaban J connectivity index is 1.78. The van der Waals surface area contributed by atoms with Crippen LogP contribution in [0.4, 0.5) is 0 Å². The van der Waals surface area contributed by atoms with Crippen LogP contribution < -0.4 is 21.7 Å². The average Bonchev–Trinajstić information content (AvgIpc) is 3.42. The highest BCUT2D eigenvalue weighted by atomic mass is 32.2. The fourth-order valence-electron chi connectivity index (χ4n) is 4.69. The second kappa shape index (κ2) is 14.2. The van der Waals surface area contributed by atoms with Gasteiger partial charge < -0.3 is 26.6 Å². The van der Waals surface area contributed by atoms with Crippen LogP contribution in [0.15, 0.2) is 54.6 Å². The number of nitrogens with two attached hydrogens (primary N) is 1. The standard InChI is InChI=1S/C28H37N5O7S/c1-18(30-2)26(35)32-23(16-20-10-12-21(13-11-20)17-41(38,39)40)28(37)33-14-6-9-24(33)27(36)31-22(25(29)34)15-19-7-4-3-5-8-19/h3-5,7-8,10-13,18,22-24,30H,6,9,14-17H2,1-2H3,(H2,29,34)(H,31,36)(H,32,35)(H,38,39,40)/t18-,22-,23-,24-/m0/s1. The van der Waals surface area contributed by atoms with Gasteiger partial charge in [-0.2, -0.15) is 8.42 Å². The lowest BCUT2D eigenvalue weighted by Crippen LogP contribution is -2.57. The highest BCUT2D eigenvalue weighted by Crippen LogP contribution is 2.21. The molecule has 1 aliphatic heterocycles. The Morgan fingerprint density at radius 2 is 1.54 bits per heavy atom. The molecule has 4 atom stereocenters. The molecule has 0 bridgehead atoms. The van der Waals surface area contributed by atoms with Gasteiger partial charge in [-0.1, -0.05) is 54.6 Å². The molecule has 0 unspecified atom stereocenters. The number of nitrogens with zero attached hydrogens (tertiary/aromatic N) is 1. The molecule has 1 aliphatic rings. The van der Waals surface area contributed by atoms with E-state index < -0.39 is 63.7 Å². The molecule has 12 nitrogen and oxygen atoms in total. The lowest BCUT2D eigenvalue weighted by molar-refractivity contribution is -0.142. The van der Waals surface area contributed by atoms with Crippen molar-refractivity contribution in [3.05, 3.63) is 71.3 Å². The van der Waals surface area contributed by atoms with Crippen molar-refractivity contribution in [2.75, 3.05) is 13.6 Å². The number of carbonyl (C=O) groups excluding carboxylic acids is 4. The summed E-state index contributed by atoms with van der Waals surface area (Å²) in [6.07, 6.45) is 1.22. The predicted molar refractivity (Wildman–Crippen MR) is 152 cm³/mol. The molecule has 1 heterocycles. The van der Waals surface area contributed by atoms with Gasteiger partial charge in [-0.25, -0.2) is 0 Å². The fourth-order valence-corrected chi connectivity index (χ4v) is 5.30. The van der Waals surface area contributed by atoms with Gasteiger partial charge in [0.1, 0.15) is 23.9 Å². The highest BCUT2D eigenvalue weighted by Gasteiger charge is 2.39. The maximum Gasteiger partial charge on any atom is 0.269 e. The van der Waals surface area contributed by atoms with E-state index in [9.17, 15) is 27.6 Å². The Labute approximate surface area is 239 Å².